The van der Waals surface area contributed by atoms with Crippen molar-refractivity contribution in [3.63, 3.8) is 0 Å². The first-order valence-corrected chi connectivity index (χ1v) is 8.48. The van der Waals surface area contributed by atoms with E-state index in [9.17, 15) is 4.79 Å². The molecule has 128 valence electrons. The zero-order chi connectivity index (χ0) is 16.8. The van der Waals surface area contributed by atoms with Crippen LogP contribution in [0, 0.1) is 11.3 Å². The zero-order valence-corrected chi connectivity index (χ0v) is 13.8. The lowest BCUT2D eigenvalue weighted by Crippen LogP contribution is -2.50. The Labute approximate surface area is 142 Å². The molecule has 0 spiro atoms. The smallest absolute Gasteiger partial charge is 0.245 e. The summed E-state index contributed by atoms with van der Waals surface area (Å²) < 4.78 is 5.35. The van der Waals surface area contributed by atoms with Crippen molar-refractivity contribution in [2.24, 2.45) is 0 Å². The van der Waals surface area contributed by atoms with Crippen LogP contribution in [0.1, 0.15) is 18.4 Å². The van der Waals surface area contributed by atoms with Crippen LogP contribution in [0.4, 0.5) is 5.82 Å². The maximum Gasteiger partial charge on any atom is 0.245 e. The third-order valence-electron chi connectivity index (χ3n) is 4.56. The van der Waals surface area contributed by atoms with Crippen LogP contribution < -0.4 is 5.32 Å². The van der Waals surface area contributed by atoms with Gasteiger partial charge < -0.3 is 15.0 Å². The molecule has 0 aromatic carbocycles. The van der Waals surface area contributed by atoms with Crippen molar-refractivity contribution < 1.29 is 9.53 Å². The van der Waals surface area contributed by atoms with E-state index in [0.717, 1.165) is 58.8 Å². The van der Waals surface area contributed by atoms with Gasteiger partial charge in [0.15, 0.2) is 0 Å². The molecule has 3 heterocycles. The average Bonchev–Trinajstić information content (AvgIpc) is 2.64. The number of nitriles is 1. The Balaban J connectivity index is 1.57. The fraction of sp³-hybridized carbons (Fsp3) is 0.588. The summed E-state index contributed by atoms with van der Waals surface area (Å²) in [6, 6.07) is 5.24. The summed E-state index contributed by atoms with van der Waals surface area (Å²) in [4.78, 5) is 21.2. The van der Waals surface area contributed by atoms with Gasteiger partial charge >= 0.3 is 0 Å². The van der Waals surface area contributed by atoms with Crippen LogP contribution in [0.3, 0.4) is 0 Å². The fourth-order valence-corrected chi connectivity index (χ4v) is 3.16. The Bertz CT molecular complexity index is 609. The molecule has 1 N–H and O–H groups in total. The van der Waals surface area contributed by atoms with Crippen molar-refractivity contribution in [1.82, 2.24) is 14.8 Å². The summed E-state index contributed by atoms with van der Waals surface area (Å²) in [5.41, 5.74) is 0.468. The van der Waals surface area contributed by atoms with Gasteiger partial charge in [-0.3, -0.25) is 9.69 Å². The summed E-state index contributed by atoms with van der Waals surface area (Å²) in [5, 5.41) is 12.3. The predicted octanol–water partition coefficient (Wildman–Crippen LogP) is 0.688. The number of hydrogen-bond acceptors (Lipinski definition) is 6. The Morgan fingerprint density at radius 3 is 2.96 bits per heavy atom. The van der Waals surface area contributed by atoms with Gasteiger partial charge in [0.25, 0.3) is 0 Å². The number of carbonyl (C=O) groups excluding carboxylic acids is 1. The quantitative estimate of drug-likeness (QED) is 0.856. The molecule has 1 amide bonds. The molecule has 3 rings (SSSR count). The van der Waals surface area contributed by atoms with Crippen molar-refractivity contribution in [3.8, 4) is 6.07 Å². The molecule has 0 saturated carbocycles. The van der Waals surface area contributed by atoms with E-state index in [1.54, 1.807) is 18.3 Å². The minimum Gasteiger partial charge on any atom is -0.379 e. The molecule has 2 aliphatic rings. The third-order valence-corrected chi connectivity index (χ3v) is 4.56. The number of hydrogen-bond donors (Lipinski definition) is 1. The first kappa shape index (κ1) is 16.7. The van der Waals surface area contributed by atoms with Crippen LogP contribution >= 0.6 is 0 Å². The number of ether oxygens (including phenoxy) is 1. The van der Waals surface area contributed by atoms with Gasteiger partial charge in [-0.05, 0) is 25.0 Å². The minimum atomic E-state index is -0.301. The number of morpholine rings is 1. The van der Waals surface area contributed by atoms with Gasteiger partial charge in [0.05, 0.1) is 18.8 Å². The minimum absolute atomic E-state index is 0.101. The summed E-state index contributed by atoms with van der Waals surface area (Å²) >= 11 is 0. The molecule has 1 unspecified atom stereocenters. The van der Waals surface area contributed by atoms with Gasteiger partial charge in [0, 0.05) is 38.9 Å². The molecule has 1 aromatic heterocycles. The maximum atomic E-state index is 12.7. The largest absolute Gasteiger partial charge is 0.379 e. The Morgan fingerprint density at radius 1 is 1.33 bits per heavy atom. The monoisotopic (exact) mass is 329 g/mol. The van der Waals surface area contributed by atoms with Crippen molar-refractivity contribution in [1.29, 1.82) is 5.26 Å². The lowest BCUT2D eigenvalue weighted by Gasteiger charge is -2.35. The lowest BCUT2D eigenvalue weighted by molar-refractivity contribution is -0.134. The standard InChI is InChI=1S/C17H23N5O2/c18-13-14-3-1-5-19-16(14)20-15-4-2-6-22(17(15)23)8-7-21-9-11-24-12-10-21/h1,3,5,15H,2,4,6-12H2,(H,19,20). The highest BCUT2D eigenvalue weighted by Crippen LogP contribution is 2.18. The molecular formula is C17H23N5O2. The van der Waals surface area contributed by atoms with Gasteiger partial charge in [0.2, 0.25) is 5.91 Å². The second-order valence-corrected chi connectivity index (χ2v) is 6.13. The number of carbonyl (C=O) groups is 1. The van der Waals surface area contributed by atoms with Crippen LogP contribution in [0.2, 0.25) is 0 Å². The molecule has 2 aliphatic heterocycles. The van der Waals surface area contributed by atoms with E-state index in [4.69, 9.17) is 10.00 Å². The number of aromatic nitrogens is 1. The molecular weight excluding hydrogens is 306 g/mol. The van der Waals surface area contributed by atoms with Crippen LogP contribution in [0.5, 0.6) is 0 Å². The number of anilines is 1. The van der Waals surface area contributed by atoms with E-state index in [1.807, 2.05) is 4.90 Å². The normalized spacial score (nSPS) is 22.2. The van der Waals surface area contributed by atoms with Crippen LogP contribution in [-0.4, -0.2) is 72.7 Å². The second-order valence-electron chi connectivity index (χ2n) is 6.13. The molecule has 2 fully saturated rings. The number of pyridine rings is 1. The summed E-state index contributed by atoms with van der Waals surface area (Å²) in [6.07, 6.45) is 3.36. The fourth-order valence-electron chi connectivity index (χ4n) is 3.16. The van der Waals surface area contributed by atoms with E-state index >= 15 is 0 Å². The molecule has 24 heavy (non-hydrogen) atoms. The SMILES string of the molecule is N#Cc1cccnc1NC1CCCN(CCN2CCOCC2)C1=O. The first-order chi connectivity index (χ1) is 11.8. The average molecular weight is 329 g/mol. The van der Waals surface area contributed by atoms with Crippen LogP contribution in [-0.2, 0) is 9.53 Å². The van der Waals surface area contributed by atoms with Crippen LogP contribution in [0.25, 0.3) is 0 Å². The van der Waals surface area contributed by atoms with E-state index in [-0.39, 0.29) is 11.9 Å². The van der Waals surface area contributed by atoms with E-state index in [1.165, 1.54) is 0 Å². The molecule has 2 saturated heterocycles. The molecule has 1 aromatic rings. The third kappa shape index (κ3) is 4.02. The highest BCUT2D eigenvalue weighted by atomic mass is 16.5. The summed E-state index contributed by atoms with van der Waals surface area (Å²) in [5.74, 6) is 0.595. The topological polar surface area (TPSA) is 81.5 Å². The Hall–Kier alpha value is -2.17. The number of likely N-dealkylation sites (tertiary alicyclic amines) is 1. The van der Waals surface area contributed by atoms with Gasteiger partial charge in [-0.15, -0.1) is 0 Å². The van der Waals surface area contributed by atoms with E-state index in [0.29, 0.717) is 11.4 Å². The number of piperidine rings is 1. The lowest BCUT2D eigenvalue weighted by atomic mass is 10.0. The highest BCUT2D eigenvalue weighted by Gasteiger charge is 2.29. The second kappa shape index (κ2) is 8.08. The molecule has 7 nitrogen and oxygen atoms in total. The maximum absolute atomic E-state index is 12.7. The van der Waals surface area contributed by atoms with Crippen molar-refractivity contribution in [2.75, 3.05) is 51.3 Å². The zero-order valence-electron chi connectivity index (χ0n) is 13.8. The Morgan fingerprint density at radius 2 is 2.17 bits per heavy atom. The first-order valence-electron chi connectivity index (χ1n) is 8.48. The van der Waals surface area contributed by atoms with Gasteiger partial charge in [0.1, 0.15) is 17.9 Å². The highest BCUT2D eigenvalue weighted by molar-refractivity contribution is 5.85. The molecule has 1 atom stereocenters. The predicted molar refractivity (Wildman–Crippen MR) is 89.4 cm³/mol. The number of rotatable bonds is 5. The molecule has 0 bridgehead atoms. The molecule has 7 heteroatoms. The molecule has 0 radical (unpaired) electrons. The summed E-state index contributed by atoms with van der Waals surface area (Å²) in [7, 11) is 0. The van der Waals surface area contributed by atoms with Gasteiger partial charge in [-0.25, -0.2) is 4.98 Å². The van der Waals surface area contributed by atoms with Crippen molar-refractivity contribution >= 4 is 11.7 Å². The van der Waals surface area contributed by atoms with E-state index < -0.39 is 0 Å². The van der Waals surface area contributed by atoms with Gasteiger partial charge in [-0.2, -0.15) is 5.26 Å². The van der Waals surface area contributed by atoms with E-state index in [2.05, 4.69) is 21.3 Å². The molecule has 0 aliphatic carbocycles. The number of nitrogens with zero attached hydrogens (tertiary/aromatic N) is 4. The van der Waals surface area contributed by atoms with Crippen molar-refractivity contribution in [2.45, 2.75) is 18.9 Å². The summed E-state index contributed by atoms with van der Waals surface area (Å²) in [6.45, 7) is 5.84. The van der Waals surface area contributed by atoms with Gasteiger partial charge in [-0.1, -0.05) is 0 Å². The van der Waals surface area contributed by atoms with Crippen LogP contribution in [0.15, 0.2) is 18.3 Å². The number of nitrogens with one attached hydrogen (secondary N) is 1. The Kier molecular flexibility index (Phi) is 5.62. The number of amides is 1. The van der Waals surface area contributed by atoms with Crippen molar-refractivity contribution in [3.05, 3.63) is 23.9 Å².